The Kier molecular flexibility index (Phi) is 6.97. The first-order chi connectivity index (χ1) is 17.0. The van der Waals surface area contributed by atoms with E-state index in [2.05, 4.69) is 15.2 Å². The molecule has 1 amide bonds. The minimum atomic E-state index is -3.48. The van der Waals surface area contributed by atoms with Gasteiger partial charge in [-0.15, -0.1) is 0 Å². The average molecular weight is 494 g/mol. The molecule has 0 spiro atoms. The lowest BCUT2D eigenvalue weighted by atomic mass is 9.97. The highest BCUT2D eigenvalue weighted by molar-refractivity contribution is 7.89. The fraction of sp³-hybridized carbons (Fsp3) is 0.423. The summed E-state index contributed by atoms with van der Waals surface area (Å²) in [5, 5.41) is 3.83. The number of hydrogen-bond acceptors (Lipinski definition) is 6. The number of carbonyl (C=O) groups excluding carboxylic acids is 1. The number of carbonyl (C=O) groups is 1. The van der Waals surface area contributed by atoms with E-state index in [9.17, 15) is 13.2 Å². The molecule has 0 radical (unpaired) electrons. The van der Waals surface area contributed by atoms with Crippen molar-refractivity contribution < 1.29 is 13.2 Å². The van der Waals surface area contributed by atoms with E-state index in [0.29, 0.717) is 31.1 Å². The highest BCUT2D eigenvalue weighted by Crippen LogP contribution is 2.27. The van der Waals surface area contributed by atoms with Gasteiger partial charge in [0.25, 0.3) is 0 Å². The van der Waals surface area contributed by atoms with Crippen molar-refractivity contribution in [2.24, 2.45) is 5.92 Å². The lowest BCUT2D eigenvalue weighted by Gasteiger charge is -2.33. The van der Waals surface area contributed by atoms with E-state index < -0.39 is 10.0 Å². The highest BCUT2D eigenvalue weighted by atomic mass is 32.2. The number of nitrogens with one attached hydrogen (secondary N) is 1. The molecule has 9 heteroatoms. The quantitative estimate of drug-likeness (QED) is 0.566. The van der Waals surface area contributed by atoms with Crippen LogP contribution in [0, 0.1) is 5.92 Å². The second-order valence-electron chi connectivity index (χ2n) is 9.35. The Morgan fingerprint density at radius 1 is 1.03 bits per heavy atom. The van der Waals surface area contributed by atoms with Crippen molar-refractivity contribution in [3.05, 3.63) is 60.4 Å². The number of pyridine rings is 2. The molecule has 0 bridgehead atoms. The maximum absolute atomic E-state index is 13.0. The van der Waals surface area contributed by atoms with Crippen molar-refractivity contribution in [3.63, 3.8) is 0 Å². The number of anilines is 1. The van der Waals surface area contributed by atoms with Crippen molar-refractivity contribution in [3.8, 4) is 0 Å². The number of rotatable bonds is 6. The van der Waals surface area contributed by atoms with Gasteiger partial charge in [0.05, 0.1) is 16.3 Å². The Morgan fingerprint density at radius 2 is 1.89 bits per heavy atom. The van der Waals surface area contributed by atoms with E-state index in [1.54, 1.807) is 34.9 Å². The van der Waals surface area contributed by atoms with Crippen LogP contribution in [-0.2, 0) is 21.4 Å². The van der Waals surface area contributed by atoms with Gasteiger partial charge >= 0.3 is 0 Å². The summed E-state index contributed by atoms with van der Waals surface area (Å²) in [6, 6.07) is 12.8. The maximum Gasteiger partial charge on any atom is 0.243 e. The maximum atomic E-state index is 13.0. The molecule has 2 aromatic heterocycles. The van der Waals surface area contributed by atoms with Crippen LogP contribution < -0.4 is 10.2 Å². The third-order valence-electron chi connectivity index (χ3n) is 6.90. The zero-order chi connectivity index (χ0) is 24.3. The summed E-state index contributed by atoms with van der Waals surface area (Å²) < 4.78 is 27.7. The molecule has 2 aliphatic heterocycles. The van der Waals surface area contributed by atoms with Crippen molar-refractivity contribution >= 4 is 32.7 Å². The van der Waals surface area contributed by atoms with Gasteiger partial charge in [-0.25, -0.2) is 13.4 Å². The van der Waals surface area contributed by atoms with Crippen LogP contribution in [0.1, 0.15) is 37.7 Å². The lowest BCUT2D eigenvalue weighted by molar-refractivity contribution is -0.125. The van der Waals surface area contributed by atoms with Crippen molar-refractivity contribution in [1.29, 1.82) is 0 Å². The Hall–Kier alpha value is -3.04. The molecule has 3 aromatic rings. The second kappa shape index (κ2) is 10.3. The predicted octanol–water partition coefficient (Wildman–Crippen LogP) is 3.34. The Bertz CT molecular complexity index is 1290. The number of aromatic nitrogens is 2. The molecule has 5 rings (SSSR count). The van der Waals surface area contributed by atoms with Crippen molar-refractivity contribution in [1.82, 2.24) is 19.6 Å². The molecule has 1 aromatic carbocycles. The molecule has 1 N–H and O–H groups in total. The van der Waals surface area contributed by atoms with E-state index in [-0.39, 0.29) is 11.8 Å². The van der Waals surface area contributed by atoms with Gasteiger partial charge in [0.1, 0.15) is 5.82 Å². The standard InChI is InChI=1S/C26H31N5O3S/c32-26(28-18-20-6-4-12-27-17-20)22-7-5-13-30(19-22)25-11-8-21-16-23(9-10-24(21)29-25)35(33,34)31-14-2-1-3-15-31/h4,6,8-12,16-17,22H,1-3,5,7,13-15,18-19H2,(H,28,32)/t22-/m1/s1. The van der Waals surface area contributed by atoms with Crippen LogP contribution >= 0.6 is 0 Å². The Balaban J connectivity index is 1.28. The average Bonchev–Trinajstić information content (AvgIpc) is 2.92. The van der Waals surface area contributed by atoms with Gasteiger partial charge < -0.3 is 10.2 Å². The first-order valence-corrected chi connectivity index (χ1v) is 13.8. The molecule has 1 atom stereocenters. The Morgan fingerprint density at radius 3 is 2.69 bits per heavy atom. The summed E-state index contributed by atoms with van der Waals surface area (Å²) in [6.07, 6.45) is 8.15. The minimum absolute atomic E-state index is 0.0481. The zero-order valence-electron chi connectivity index (χ0n) is 19.8. The molecule has 0 unspecified atom stereocenters. The number of benzene rings is 1. The molecule has 0 saturated carbocycles. The number of amides is 1. The van der Waals surface area contributed by atoms with E-state index in [4.69, 9.17) is 4.98 Å². The van der Waals surface area contributed by atoms with Crippen LogP contribution in [0.15, 0.2) is 59.8 Å². The van der Waals surface area contributed by atoms with Gasteiger partial charge in [0, 0.05) is 50.5 Å². The Labute approximate surface area is 206 Å². The van der Waals surface area contributed by atoms with Crippen molar-refractivity contribution in [2.45, 2.75) is 43.5 Å². The summed E-state index contributed by atoms with van der Waals surface area (Å²) in [4.78, 5) is 24.1. The highest BCUT2D eigenvalue weighted by Gasteiger charge is 2.28. The smallest absolute Gasteiger partial charge is 0.243 e. The molecule has 2 fully saturated rings. The van der Waals surface area contributed by atoms with Crippen LogP contribution in [-0.4, -0.2) is 54.8 Å². The van der Waals surface area contributed by atoms with Crippen molar-refractivity contribution in [2.75, 3.05) is 31.1 Å². The largest absolute Gasteiger partial charge is 0.356 e. The van der Waals surface area contributed by atoms with Crippen LogP contribution in [0.25, 0.3) is 10.9 Å². The summed E-state index contributed by atoms with van der Waals surface area (Å²) in [5.74, 6) is 0.760. The molecular formula is C26H31N5O3S. The number of fused-ring (bicyclic) bond motifs is 1. The fourth-order valence-corrected chi connectivity index (χ4v) is 6.47. The summed E-state index contributed by atoms with van der Waals surface area (Å²) in [7, 11) is -3.48. The number of sulfonamides is 1. The van der Waals surface area contributed by atoms with Gasteiger partial charge in [-0.2, -0.15) is 4.31 Å². The third kappa shape index (κ3) is 5.31. The normalized spacial score (nSPS) is 19.5. The molecule has 2 aliphatic rings. The van der Waals surface area contributed by atoms with E-state index in [0.717, 1.165) is 60.9 Å². The van der Waals surface area contributed by atoms with E-state index in [1.165, 1.54) is 0 Å². The molecular weight excluding hydrogens is 462 g/mol. The molecule has 8 nitrogen and oxygen atoms in total. The zero-order valence-corrected chi connectivity index (χ0v) is 20.6. The van der Waals surface area contributed by atoms with Crippen LogP contribution in [0.4, 0.5) is 5.82 Å². The monoisotopic (exact) mass is 493 g/mol. The number of hydrogen-bond donors (Lipinski definition) is 1. The molecule has 184 valence electrons. The summed E-state index contributed by atoms with van der Waals surface area (Å²) >= 11 is 0. The predicted molar refractivity (Wildman–Crippen MR) is 135 cm³/mol. The van der Waals surface area contributed by atoms with E-state index in [1.807, 2.05) is 24.3 Å². The molecule has 2 saturated heterocycles. The number of piperidine rings is 2. The summed E-state index contributed by atoms with van der Waals surface area (Å²) in [5.41, 5.74) is 1.73. The SMILES string of the molecule is O=C(NCc1cccnc1)[C@@H]1CCCN(c2ccc3cc(S(=O)(=O)N4CCCCC4)ccc3n2)C1. The first kappa shape index (κ1) is 23.7. The fourth-order valence-electron chi connectivity index (χ4n) is 4.92. The second-order valence-corrected chi connectivity index (χ2v) is 11.3. The molecule has 35 heavy (non-hydrogen) atoms. The van der Waals surface area contributed by atoms with Crippen LogP contribution in [0.2, 0.25) is 0 Å². The van der Waals surface area contributed by atoms with Gasteiger partial charge in [0.15, 0.2) is 0 Å². The molecule has 4 heterocycles. The first-order valence-electron chi connectivity index (χ1n) is 12.3. The molecule has 0 aliphatic carbocycles. The van der Waals surface area contributed by atoms with Crippen LogP contribution in [0.3, 0.4) is 0 Å². The lowest BCUT2D eigenvalue weighted by Crippen LogP contribution is -2.43. The number of nitrogens with zero attached hydrogens (tertiary/aromatic N) is 4. The van der Waals surface area contributed by atoms with E-state index >= 15 is 0 Å². The van der Waals surface area contributed by atoms with Gasteiger partial charge in [-0.3, -0.25) is 9.78 Å². The van der Waals surface area contributed by atoms with Gasteiger partial charge in [-0.1, -0.05) is 12.5 Å². The minimum Gasteiger partial charge on any atom is -0.356 e. The summed E-state index contributed by atoms with van der Waals surface area (Å²) in [6.45, 7) is 3.10. The van der Waals surface area contributed by atoms with Gasteiger partial charge in [-0.05, 0) is 67.6 Å². The topological polar surface area (TPSA) is 95.5 Å². The third-order valence-corrected chi connectivity index (χ3v) is 8.80. The van der Waals surface area contributed by atoms with Crippen LogP contribution in [0.5, 0.6) is 0 Å². The van der Waals surface area contributed by atoms with Gasteiger partial charge in [0.2, 0.25) is 15.9 Å².